The number of benzene rings is 2. The maximum atomic E-state index is 9.95. The zero-order chi connectivity index (χ0) is 17.1. The third-order valence-electron chi connectivity index (χ3n) is 4.78. The highest BCUT2D eigenvalue weighted by molar-refractivity contribution is 5.98. The van der Waals surface area contributed by atoms with E-state index in [-0.39, 0.29) is 5.75 Å². The lowest BCUT2D eigenvalue weighted by Gasteiger charge is -2.22. The third kappa shape index (κ3) is 3.38. The molecule has 0 radical (unpaired) electrons. The number of nitrogens with one attached hydrogen (secondary N) is 1. The average Bonchev–Trinajstić information content (AvgIpc) is 2.99. The summed E-state index contributed by atoms with van der Waals surface area (Å²) in [6, 6.07) is 15.6. The van der Waals surface area contributed by atoms with Crippen molar-refractivity contribution in [3.05, 3.63) is 54.1 Å². The minimum atomic E-state index is 0.223. The smallest absolute Gasteiger partial charge is 0.220 e. The Kier molecular flexibility index (Phi) is 4.42. The number of aromatic hydroxyl groups is 1. The van der Waals surface area contributed by atoms with Gasteiger partial charge in [0.25, 0.3) is 0 Å². The normalized spacial score (nSPS) is 15.8. The molecule has 0 bridgehead atoms. The lowest BCUT2D eigenvalue weighted by atomic mass is 9.95. The van der Waals surface area contributed by atoms with Crippen LogP contribution in [0.15, 0.2) is 57.9 Å². The number of rotatable bonds is 4. The monoisotopic (exact) mass is 334 g/mol. The minimum absolute atomic E-state index is 0.223. The van der Waals surface area contributed by atoms with Crippen LogP contribution >= 0.6 is 0 Å². The highest BCUT2D eigenvalue weighted by atomic mass is 16.4. The number of hydrogen-bond donors (Lipinski definition) is 2. The van der Waals surface area contributed by atoms with Gasteiger partial charge in [-0.2, -0.15) is 0 Å². The van der Waals surface area contributed by atoms with Crippen LogP contribution in [0.3, 0.4) is 0 Å². The topological polar surface area (TPSA) is 57.8 Å². The summed E-state index contributed by atoms with van der Waals surface area (Å²) in [4.78, 5) is 4.65. The molecule has 0 saturated heterocycles. The van der Waals surface area contributed by atoms with Crippen LogP contribution in [0.4, 0.5) is 11.6 Å². The molecule has 0 aliphatic heterocycles. The first-order valence-corrected chi connectivity index (χ1v) is 8.91. The molecule has 1 aliphatic carbocycles. The summed E-state index contributed by atoms with van der Waals surface area (Å²) in [5.41, 5.74) is 2.31. The Morgan fingerprint density at radius 3 is 2.60 bits per heavy atom. The van der Waals surface area contributed by atoms with E-state index in [9.17, 15) is 5.11 Å². The molecule has 0 unspecified atom stereocenters. The molecule has 4 rings (SSSR count). The zero-order valence-electron chi connectivity index (χ0n) is 14.1. The number of furan rings is 1. The molecule has 1 saturated carbocycles. The van der Waals surface area contributed by atoms with Crippen molar-refractivity contribution in [3.63, 3.8) is 0 Å². The summed E-state index contributed by atoms with van der Waals surface area (Å²) in [6.45, 7) is 0. The van der Waals surface area contributed by atoms with E-state index in [1.807, 2.05) is 36.4 Å². The van der Waals surface area contributed by atoms with Crippen LogP contribution < -0.4 is 5.32 Å². The maximum absolute atomic E-state index is 9.95. The van der Waals surface area contributed by atoms with Crippen LogP contribution in [-0.2, 0) is 0 Å². The summed E-state index contributed by atoms with van der Waals surface area (Å²) >= 11 is 0. The van der Waals surface area contributed by atoms with Gasteiger partial charge in [0, 0.05) is 23.2 Å². The van der Waals surface area contributed by atoms with Gasteiger partial charge in [0.1, 0.15) is 17.0 Å². The molecule has 0 atom stereocenters. The van der Waals surface area contributed by atoms with Gasteiger partial charge in [-0.3, -0.25) is 0 Å². The largest absolute Gasteiger partial charge is 0.507 e. The fraction of sp³-hybridized carbons (Fsp3) is 0.286. The Morgan fingerprint density at radius 1 is 1.00 bits per heavy atom. The minimum Gasteiger partial charge on any atom is -0.507 e. The number of fused-ring (bicyclic) bond motifs is 1. The van der Waals surface area contributed by atoms with E-state index in [4.69, 9.17) is 4.42 Å². The average molecular weight is 334 g/mol. The second-order valence-corrected chi connectivity index (χ2v) is 6.57. The van der Waals surface area contributed by atoms with E-state index in [0.717, 1.165) is 22.5 Å². The molecule has 128 valence electrons. The summed E-state index contributed by atoms with van der Waals surface area (Å²) in [5.74, 6) is 0.945. The van der Waals surface area contributed by atoms with Crippen molar-refractivity contribution in [2.24, 2.45) is 4.99 Å². The van der Waals surface area contributed by atoms with E-state index in [1.54, 1.807) is 18.3 Å². The van der Waals surface area contributed by atoms with E-state index in [2.05, 4.69) is 10.3 Å². The lowest BCUT2D eigenvalue weighted by Crippen LogP contribution is -2.21. The highest BCUT2D eigenvalue weighted by Gasteiger charge is 2.19. The second-order valence-electron chi connectivity index (χ2n) is 6.57. The van der Waals surface area contributed by atoms with Crippen LogP contribution in [-0.4, -0.2) is 17.4 Å². The molecule has 1 heterocycles. The van der Waals surface area contributed by atoms with Gasteiger partial charge in [-0.05, 0) is 37.1 Å². The van der Waals surface area contributed by atoms with Gasteiger partial charge < -0.3 is 14.8 Å². The number of para-hydroxylation sites is 2. The van der Waals surface area contributed by atoms with Gasteiger partial charge in [-0.15, -0.1) is 0 Å². The molecule has 1 aromatic heterocycles. The Balaban J connectivity index is 1.70. The van der Waals surface area contributed by atoms with Gasteiger partial charge in [-0.1, -0.05) is 43.5 Å². The van der Waals surface area contributed by atoms with Crippen LogP contribution in [0.2, 0.25) is 0 Å². The van der Waals surface area contributed by atoms with Crippen molar-refractivity contribution in [3.8, 4) is 5.75 Å². The quantitative estimate of drug-likeness (QED) is 0.608. The summed E-state index contributed by atoms with van der Waals surface area (Å²) in [7, 11) is 0. The van der Waals surface area contributed by atoms with Crippen molar-refractivity contribution < 1.29 is 9.52 Å². The molecule has 0 spiro atoms. The van der Waals surface area contributed by atoms with Gasteiger partial charge in [-0.25, -0.2) is 4.99 Å². The van der Waals surface area contributed by atoms with Crippen molar-refractivity contribution in [1.82, 2.24) is 0 Å². The van der Waals surface area contributed by atoms with Crippen LogP contribution in [0.25, 0.3) is 11.0 Å². The number of anilines is 1. The first kappa shape index (κ1) is 15.8. The van der Waals surface area contributed by atoms with Crippen LogP contribution in [0.5, 0.6) is 5.75 Å². The second kappa shape index (κ2) is 7.01. The van der Waals surface area contributed by atoms with Gasteiger partial charge >= 0.3 is 0 Å². The molecule has 2 aromatic carbocycles. The summed E-state index contributed by atoms with van der Waals surface area (Å²) < 4.78 is 6.03. The molecule has 2 N–H and O–H groups in total. The number of phenols is 1. The van der Waals surface area contributed by atoms with Crippen molar-refractivity contribution in [2.45, 2.75) is 38.1 Å². The fourth-order valence-electron chi connectivity index (χ4n) is 3.42. The van der Waals surface area contributed by atoms with Gasteiger partial charge in [0.2, 0.25) is 5.88 Å². The van der Waals surface area contributed by atoms with Crippen molar-refractivity contribution in [1.29, 1.82) is 0 Å². The zero-order valence-corrected chi connectivity index (χ0v) is 14.1. The molecule has 4 nitrogen and oxygen atoms in total. The van der Waals surface area contributed by atoms with E-state index < -0.39 is 0 Å². The predicted molar refractivity (Wildman–Crippen MR) is 102 cm³/mol. The standard InChI is InChI=1S/C21H22N2O2/c24-18-12-6-4-8-15(18)14-22-20-17-11-5-7-13-19(17)25-21(20)23-16-9-2-1-3-10-16/h4-8,11-14,16,23-24H,1-3,9-10H2. The summed E-state index contributed by atoms with van der Waals surface area (Å²) in [5, 5.41) is 14.5. The lowest BCUT2D eigenvalue weighted by molar-refractivity contribution is 0.453. The maximum Gasteiger partial charge on any atom is 0.220 e. The van der Waals surface area contributed by atoms with E-state index in [1.165, 1.54) is 32.1 Å². The van der Waals surface area contributed by atoms with Crippen molar-refractivity contribution >= 4 is 28.8 Å². The molecule has 25 heavy (non-hydrogen) atoms. The number of phenolic OH excluding ortho intramolecular Hbond substituents is 1. The van der Waals surface area contributed by atoms with Gasteiger partial charge in [0.05, 0.1) is 0 Å². The van der Waals surface area contributed by atoms with Crippen LogP contribution in [0, 0.1) is 0 Å². The Hall–Kier alpha value is -2.75. The van der Waals surface area contributed by atoms with Crippen LogP contribution in [0.1, 0.15) is 37.7 Å². The molecule has 0 amide bonds. The SMILES string of the molecule is Oc1ccccc1C=Nc1c(NC2CCCCC2)oc2ccccc12. The van der Waals surface area contributed by atoms with Gasteiger partial charge in [0.15, 0.2) is 0 Å². The molecule has 4 heteroatoms. The fourth-order valence-corrected chi connectivity index (χ4v) is 3.42. The van der Waals surface area contributed by atoms with E-state index in [0.29, 0.717) is 11.6 Å². The Morgan fingerprint density at radius 2 is 1.76 bits per heavy atom. The number of nitrogens with zero attached hydrogens (tertiary/aromatic N) is 1. The molecular formula is C21H22N2O2. The molecular weight excluding hydrogens is 312 g/mol. The highest BCUT2D eigenvalue weighted by Crippen LogP contribution is 2.38. The Labute approximate surface area is 147 Å². The Bertz CT molecular complexity index is 892. The summed E-state index contributed by atoms with van der Waals surface area (Å²) in [6.07, 6.45) is 7.86. The molecule has 1 fully saturated rings. The number of aliphatic imine (C=N–C) groups is 1. The molecule has 1 aliphatic rings. The molecule has 3 aromatic rings. The first-order valence-electron chi connectivity index (χ1n) is 8.91. The first-order chi connectivity index (χ1) is 12.3. The predicted octanol–water partition coefficient (Wildman–Crippen LogP) is 5.63. The van der Waals surface area contributed by atoms with Crippen molar-refractivity contribution in [2.75, 3.05) is 5.32 Å². The number of hydrogen-bond acceptors (Lipinski definition) is 4. The third-order valence-corrected chi connectivity index (χ3v) is 4.78. The van der Waals surface area contributed by atoms with E-state index >= 15 is 0 Å².